The van der Waals surface area contributed by atoms with E-state index in [1.54, 1.807) is 0 Å². The maximum Gasteiger partial charge on any atom is 0.105 e. The largest absolute Gasteiger partial charge is 0.379 e. The molecule has 3 unspecified atom stereocenters. The summed E-state index contributed by atoms with van der Waals surface area (Å²) < 4.78 is 0. The van der Waals surface area contributed by atoms with Crippen LogP contribution in [0.3, 0.4) is 0 Å². The van der Waals surface area contributed by atoms with Gasteiger partial charge in [-0.15, -0.1) is 11.3 Å². The summed E-state index contributed by atoms with van der Waals surface area (Å²) in [7, 11) is 0. The number of thiophene rings is 1. The van der Waals surface area contributed by atoms with Crippen molar-refractivity contribution in [1.29, 1.82) is 0 Å². The third kappa shape index (κ3) is 7.35. The molecule has 2 rings (SSSR count). The van der Waals surface area contributed by atoms with Crippen molar-refractivity contribution in [2.24, 2.45) is 5.92 Å². The number of unbranched alkanes of at least 4 members (excludes halogenated alkanes) is 3. The molecule has 2 N–H and O–H groups in total. The van der Waals surface area contributed by atoms with Crippen molar-refractivity contribution in [2.75, 3.05) is 0 Å². The molecule has 0 fully saturated rings. The van der Waals surface area contributed by atoms with Crippen LogP contribution in [0.15, 0.2) is 41.8 Å². The van der Waals surface area contributed by atoms with E-state index in [9.17, 15) is 5.11 Å². The van der Waals surface area contributed by atoms with Gasteiger partial charge in [-0.3, -0.25) is 5.32 Å². The summed E-state index contributed by atoms with van der Waals surface area (Å²) in [5.41, 5.74) is 2.80. The highest BCUT2D eigenvalue weighted by atomic mass is 32.1. The van der Waals surface area contributed by atoms with Gasteiger partial charge in [-0.1, -0.05) is 83.7 Å². The molecule has 1 aromatic carbocycles. The molecule has 0 spiro atoms. The fourth-order valence-corrected chi connectivity index (χ4v) is 4.97. The Morgan fingerprint density at radius 1 is 1.04 bits per heavy atom. The quantitative estimate of drug-likeness (QED) is 0.278. The fourth-order valence-electron chi connectivity index (χ4n) is 3.75. The number of rotatable bonds is 13. The Kier molecular flexibility index (Phi) is 10.3. The number of aliphatic hydroxyl groups excluding tert-OH is 1. The minimum absolute atomic E-state index is 0.203. The second-order valence-electron chi connectivity index (χ2n) is 8.30. The zero-order valence-electron chi connectivity index (χ0n) is 18.2. The fraction of sp³-hybridized carbons (Fsp3) is 0.600. The summed E-state index contributed by atoms with van der Waals surface area (Å²) in [4.78, 5) is 1.37. The average molecular weight is 402 g/mol. The second-order valence-corrected chi connectivity index (χ2v) is 9.25. The van der Waals surface area contributed by atoms with Crippen molar-refractivity contribution in [1.82, 2.24) is 5.32 Å². The monoisotopic (exact) mass is 401 g/mol. The first-order valence-electron chi connectivity index (χ1n) is 11.1. The van der Waals surface area contributed by atoms with E-state index < -0.39 is 6.23 Å². The third-order valence-corrected chi connectivity index (χ3v) is 6.65. The number of nitrogens with one attached hydrogen (secondary N) is 1. The maximum atomic E-state index is 10.4. The molecule has 28 heavy (non-hydrogen) atoms. The van der Waals surface area contributed by atoms with Gasteiger partial charge >= 0.3 is 0 Å². The highest BCUT2D eigenvalue weighted by Crippen LogP contribution is 2.35. The Hall–Kier alpha value is -1.16. The lowest BCUT2D eigenvalue weighted by Crippen LogP contribution is -2.36. The van der Waals surface area contributed by atoms with Crippen LogP contribution in [-0.2, 0) is 6.42 Å². The molecule has 0 aliphatic carbocycles. The lowest BCUT2D eigenvalue weighted by Gasteiger charge is -2.30. The topological polar surface area (TPSA) is 32.3 Å². The Labute approximate surface area is 176 Å². The Balaban J connectivity index is 2.25. The molecule has 0 saturated heterocycles. The van der Waals surface area contributed by atoms with Crippen LogP contribution in [0.1, 0.15) is 94.2 Å². The van der Waals surface area contributed by atoms with Gasteiger partial charge in [0.15, 0.2) is 0 Å². The van der Waals surface area contributed by atoms with Crippen molar-refractivity contribution < 1.29 is 5.11 Å². The van der Waals surface area contributed by atoms with Gasteiger partial charge in [0.1, 0.15) is 6.23 Å². The van der Waals surface area contributed by atoms with Crippen LogP contribution >= 0.6 is 11.3 Å². The van der Waals surface area contributed by atoms with Gasteiger partial charge in [0.25, 0.3) is 0 Å². The summed E-state index contributed by atoms with van der Waals surface area (Å²) in [6.07, 6.45) is 7.65. The van der Waals surface area contributed by atoms with Crippen LogP contribution in [0, 0.1) is 5.92 Å². The number of hydrogen-bond acceptors (Lipinski definition) is 3. The molecule has 0 aliphatic heterocycles. The van der Waals surface area contributed by atoms with Crippen molar-refractivity contribution in [3.63, 3.8) is 0 Å². The van der Waals surface area contributed by atoms with Gasteiger partial charge in [0.2, 0.25) is 0 Å². The van der Waals surface area contributed by atoms with Crippen LogP contribution in [-0.4, -0.2) is 11.3 Å². The van der Waals surface area contributed by atoms with Gasteiger partial charge in [0.05, 0.1) is 0 Å². The van der Waals surface area contributed by atoms with Gasteiger partial charge < -0.3 is 5.11 Å². The predicted octanol–water partition coefficient (Wildman–Crippen LogP) is 7.06. The normalized spacial score (nSPS) is 14.9. The highest BCUT2D eigenvalue weighted by Gasteiger charge is 2.26. The summed E-state index contributed by atoms with van der Waals surface area (Å²) in [5.74, 6) is 1.03. The smallest absolute Gasteiger partial charge is 0.105 e. The molecular weight excluding hydrogens is 362 g/mol. The van der Waals surface area contributed by atoms with Crippen molar-refractivity contribution in [3.8, 4) is 0 Å². The van der Waals surface area contributed by atoms with Gasteiger partial charge in [-0.25, -0.2) is 0 Å². The number of hydrogen-bond donors (Lipinski definition) is 2. The molecule has 0 amide bonds. The predicted molar refractivity (Wildman–Crippen MR) is 123 cm³/mol. The second kappa shape index (κ2) is 12.4. The first-order chi connectivity index (χ1) is 13.5. The van der Waals surface area contributed by atoms with E-state index in [0.717, 1.165) is 12.8 Å². The highest BCUT2D eigenvalue weighted by molar-refractivity contribution is 7.10. The molecule has 2 aromatic rings. The molecule has 156 valence electrons. The van der Waals surface area contributed by atoms with E-state index in [-0.39, 0.29) is 6.04 Å². The first-order valence-corrected chi connectivity index (χ1v) is 12.0. The third-order valence-electron chi connectivity index (χ3n) is 5.61. The lowest BCUT2D eigenvalue weighted by atomic mass is 9.86. The summed E-state index contributed by atoms with van der Waals surface area (Å²) in [6, 6.07) is 13.4. The van der Waals surface area contributed by atoms with Crippen LogP contribution in [0.25, 0.3) is 0 Å². The first kappa shape index (κ1) is 23.1. The van der Waals surface area contributed by atoms with Crippen LogP contribution in [0.2, 0.25) is 0 Å². The lowest BCUT2D eigenvalue weighted by molar-refractivity contribution is 0.103. The zero-order chi connectivity index (χ0) is 20.4. The zero-order valence-corrected chi connectivity index (χ0v) is 19.0. The van der Waals surface area contributed by atoms with E-state index in [1.807, 2.05) is 18.3 Å². The number of benzene rings is 1. The molecule has 0 bridgehead atoms. The van der Waals surface area contributed by atoms with E-state index in [2.05, 4.69) is 67.9 Å². The summed E-state index contributed by atoms with van der Waals surface area (Å²) in [6.45, 7) is 8.81. The van der Waals surface area contributed by atoms with Gasteiger partial charge in [0, 0.05) is 10.9 Å². The Bertz CT molecular complexity index is 652. The van der Waals surface area contributed by atoms with Crippen molar-refractivity contribution >= 4 is 11.3 Å². The molecule has 3 atom stereocenters. The molecule has 0 radical (unpaired) electrons. The van der Waals surface area contributed by atoms with E-state index >= 15 is 0 Å². The van der Waals surface area contributed by atoms with E-state index in [0.29, 0.717) is 11.8 Å². The van der Waals surface area contributed by atoms with Crippen LogP contribution < -0.4 is 5.32 Å². The molecular formula is C25H39NOS. The average Bonchev–Trinajstić information content (AvgIpc) is 3.19. The molecule has 0 saturated carbocycles. The minimum atomic E-state index is -0.455. The standard InChI is InChI=1S/C25H39NOS/c1-5-7-8-12-15-21(16-20-13-10-9-11-14-20)25(26-24(27)6-2)23-17-22(18-28-23)19(3)4/h9-11,13-14,17-19,21,24-27H,5-8,12,15-16H2,1-4H3. The maximum absolute atomic E-state index is 10.4. The molecule has 3 heteroatoms. The van der Waals surface area contributed by atoms with E-state index in [4.69, 9.17) is 0 Å². The Morgan fingerprint density at radius 3 is 2.39 bits per heavy atom. The van der Waals surface area contributed by atoms with Crippen molar-refractivity contribution in [2.45, 2.75) is 90.8 Å². The molecule has 2 nitrogen and oxygen atoms in total. The van der Waals surface area contributed by atoms with Gasteiger partial charge in [-0.2, -0.15) is 0 Å². The van der Waals surface area contributed by atoms with Crippen molar-refractivity contribution in [3.05, 3.63) is 57.8 Å². The molecule has 1 aromatic heterocycles. The van der Waals surface area contributed by atoms with Gasteiger partial charge in [-0.05, 0) is 53.7 Å². The molecule has 1 heterocycles. The molecule has 0 aliphatic rings. The SMILES string of the molecule is CCCCCCC(Cc1ccccc1)C(NC(O)CC)c1cc(C(C)C)cs1. The number of aliphatic hydroxyl groups is 1. The van der Waals surface area contributed by atoms with E-state index in [1.165, 1.54) is 48.1 Å². The van der Waals surface area contributed by atoms with Crippen LogP contribution in [0.5, 0.6) is 0 Å². The Morgan fingerprint density at radius 2 is 1.79 bits per heavy atom. The van der Waals surface area contributed by atoms with Crippen LogP contribution in [0.4, 0.5) is 0 Å². The summed E-state index contributed by atoms with van der Waals surface area (Å²) in [5, 5.41) is 16.3. The summed E-state index contributed by atoms with van der Waals surface area (Å²) >= 11 is 1.85. The minimum Gasteiger partial charge on any atom is -0.379 e.